The lowest BCUT2D eigenvalue weighted by Crippen LogP contribution is -2.51. The van der Waals surface area contributed by atoms with Crippen molar-refractivity contribution < 1.29 is 14.0 Å². The van der Waals surface area contributed by atoms with Crippen molar-refractivity contribution in [3.8, 4) is 0 Å². The number of fused-ring (bicyclic) bond motifs is 1. The highest BCUT2D eigenvalue weighted by Gasteiger charge is 2.25. The summed E-state index contributed by atoms with van der Waals surface area (Å²) in [5, 5.41) is 0.505. The number of nitrogens with zero attached hydrogens (tertiary/aromatic N) is 4. The van der Waals surface area contributed by atoms with E-state index in [1.54, 1.807) is 21.9 Å². The van der Waals surface area contributed by atoms with Crippen LogP contribution < -0.4 is 5.56 Å². The lowest BCUT2D eigenvalue weighted by molar-refractivity contribution is -0.133. The monoisotopic (exact) mass is 380 g/mol. The van der Waals surface area contributed by atoms with Crippen molar-refractivity contribution in [2.45, 2.75) is 13.5 Å². The first-order chi connectivity index (χ1) is 13.5. The van der Waals surface area contributed by atoms with Crippen molar-refractivity contribution in [3.05, 3.63) is 64.6 Å². The van der Waals surface area contributed by atoms with Gasteiger partial charge < -0.3 is 14.2 Å². The molecule has 8 heteroatoms. The molecule has 0 N–H and O–H groups in total. The predicted molar refractivity (Wildman–Crippen MR) is 102 cm³/mol. The number of amides is 2. The van der Waals surface area contributed by atoms with Crippen LogP contribution in [0.3, 0.4) is 0 Å². The van der Waals surface area contributed by atoms with Gasteiger partial charge in [0, 0.05) is 26.2 Å². The van der Waals surface area contributed by atoms with Crippen LogP contribution in [0, 0.1) is 6.92 Å². The van der Waals surface area contributed by atoms with Crippen LogP contribution in [0.2, 0.25) is 0 Å². The average Bonchev–Trinajstić information content (AvgIpc) is 3.25. The van der Waals surface area contributed by atoms with E-state index < -0.39 is 0 Å². The first-order valence-corrected chi connectivity index (χ1v) is 9.08. The van der Waals surface area contributed by atoms with Crippen molar-refractivity contribution >= 4 is 22.7 Å². The number of aryl methyl sites for hydroxylation is 1. The molecule has 8 nitrogen and oxygen atoms in total. The number of para-hydroxylation sites is 1. The third-order valence-corrected chi connectivity index (χ3v) is 5.05. The molecule has 0 atom stereocenters. The number of furan rings is 1. The molecular weight excluding hydrogens is 360 g/mol. The fourth-order valence-electron chi connectivity index (χ4n) is 3.42. The fourth-order valence-corrected chi connectivity index (χ4v) is 3.42. The minimum Gasteiger partial charge on any atom is -0.472 e. The molecule has 2 aromatic heterocycles. The Morgan fingerprint density at radius 1 is 1.11 bits per heavy atom. The van der Waals surface area contributed by atoms with Crippen molar-refractivity contribution in [1.82, 2.24) is 19.4 Å². The Labute approximate surface area is 161 Å². The van der Waals surface area contributed by atoms with Gasteiger partial charge in [-0.1, -0.05) is 12.1 Å². The van der Waals surface area contributed by atoms with E-state index in [1.165, 1.54) is 23.4 Å². The third kappa shape index (κ3) is 3.28. The van der Waals surface area contributed by atoms with Crippen LogP contribution in [0.15, 0.2) is 52.3 Å². The number of aromatic nitrogens is 2. The Morgan fingerprint density at radius 3 is 2.57 bits per heavy atom. The minimum atomic E-state index is -0.226. The number of rotatable bonds is 3. The second-order valence-electron chi connectivity index (χ2n) is 6.83. The van der Waals surface area contributed by atoms with E-state index in [-0.39, 0.29) is 23.9 Å². The Kier molecular flexibility index (Phi) is 4.68. The number of hydrogen-bond donors (Lipinski definition) is 0. The van der Waals surface area contributed by atoms with E-state index in [4.69, 9.17) is 4.42 Å². The van der Waals surface area contributed by atoms with Gasteiger partial charge in [-0.25, -0.2) is 4.98 Å². The Balaban J connectivity index is 1.43. The fraction of sp³-hybridized carbons (Fsp3) is 0.300. The second-order valence-corrected chi connectivity index (χ2v) is 6.83. The van der Waals surface area contributed by atoms with Crippen molar-refractivity contribution in [2.75, 3.05) is 26.2 Å². The van der Waals surface area contributed by atoms with Crippen LogP contribution in [0.25, 0.3) is 10.9 Å². The number of benzene rings is 1. The number of carbonyl (C=O) groups is 2. The summed E-state index contributed by atoms with van der Waals surface area (Å²) in [4.78, 5) is 45.3. The highest BCUT2D eigenvalue weighted by Crippen LogP contribution is 2.12. The SMILES string of the molecule is Cc1cccc2c(=O)n(CC(=O)N3CCN(C(=O)c4ccoc4)CC3)cnc12. The summed E-state index contributed by atoms with van der Waals surface area (Å²) in [7, 11) is 0. The van der Waals surface area contributed by atoms with Crippen molar-refractivity contribution in [1.29, 1.82) is 0 Å². The maximum atomic E-state index is 12.7. The van der Waals surface area contributed by atoms with E-state index >= 15 is 0 Å². The molecule has 0 unspecified atom stereocenters. The standard InChI is InChI=1S/C20H20N4O4/c1-14-3-2-4-16-18(14)21-13-24(20(16)27)11-17(25)22-6-8-23(9-7-22)19(26)15-5-10-28-12-15/h2-5,10,12-13H,6-9,11H2,1H3. The summed E-state index contributed by atoms with van der Waals surface area (Å²) in [6, 6.07) is 7.05. The van der Waals surface area contributed by atoms with Crippen LogP contribution in [0.4, 0.5) is 0 Å². The van der Waals surface area contributed by atoms with Gasteiger partial charge in [0.1, 0.15) is 12.8 Å². The smallest absolute Gasteiger partial charge is 0.261 e. The summed E-state index contributed by atoms with van der Waals surface area (Å²) in [6.45, 7) is 3.58. The number of hydrogen-bond acceptors (Lipinski definition) is 5. The minimum absolute atomic E-state index is 0.0641. The molecule has 0 radical (unpaired) electrons. The van der Waals surface area contributed by atoms with Crippen LogP contribution in [-0.2, 0) is 11.3 Å². The molecule has 1 aliphatic heterocycles. The maximum Gasteiger partial charge on any atom is 0.261 e. The normalized spacial score (nSPS) is 14.5. The van der Waals surface area contributed by atoms with Crippen LogP contribution in [0.1, 0.15) is 15.9 Å². The molecule has 3 heterocycles. The third-order valence-electron chi connectivity index (χ3n) is 5.05. The van der Waals surface area contributed by atoms with Gasteiger partial charge in [0.15, 0.2) is 0 Å². The molecule has 4 rings (SSSR count). The molecule has 0 spiro atoms. The van der Waals surface area contributed by atoms with Gasteiger partial charge in [0.25, 0.3) is 11.5 Å². The Bertz CT molecular complexity index is 1080. The molecule has 28 heavy (non-hydrogen) atoms. The Hall–Kier alpha value is -3.42. The summed E-state index contributed by atoms with van der Waals surface area (Å²) >= 11 is 0. The molecule has 0 saturated carbocycles. The van der Waals surface area contributed by atoms with E-state index in [2.05, 4.69) is 4.98 Å². The van der Waals surface area contributed by atoms with E-state index in [0.29, 0.717) is 42.6 Å². The summed E-state index contributed by atoms with van der Waals surface area (Å²) in [5.74, 6) is -0.266. The van der Waals surface area contributed by atoms with Gasteiger partial charge in [-0.05, 0) is 24.6 Å². The predicted octanol–water partition coefficient (Wildman–Crippen LogP) is 1.28. The van der Waals surface area contributed by atoms with Crippen LogP contribution >= 0.6 is 0 Å². The van der Waals surface area contributed by atoms with E-state index in [1.807, 2.05) is 19.1 Å². The molecular formula is C20H20N4O4. The molecule has 1 fully saturated rings. The van der Waals surface area contributed by atoms with Gasteiger partial charge in [-0.3, -0.25) is 19.0 Å². The molecule has 3 aromatic rings. The largest absolute Gasteiger partial charge is 0.472 e. The lowest BCUT2D eigenvalue weighted by atomic mass is 10.1. The number of piperazine rings is 1. The molecule has 144 valence electrons. The molecule has 2 amide bonds. The highest BCUT2D eigenvalue weighted by molar-refractivity contribution is 5.94. The Morgan fingerprint density at radius 2 is 1.86 bits per heavy atom. The van der Waals surface area contributed by atoms with Crippen molar-refractivity contribution in [2.24, 2.45) is 0 Å². The van der Waals surface area contributed by atoms with E-state index in [0.717, 1.165) is 5.56 Å². The zero-order chi connectivity index (χ0) is 19.7. The van der Waals surface area contributed by atoms with Gasteiger partial charge in [0.2, 0.25) is 5.91 Å². The van der Waals surface area contributed by atoms with Crippen LogP contribution in [-0.4, -0.2) is 57.3 Å². The summed E-state index contributed by atoms with van der Waals surface area (Å²) in [5.41, 5.74) is 1.86. The first kappa shape index (κ1) is 18.0. The quantitative estimate of drug-likeness (QED) is 0.683. The molecule has 1 aliphatic rings. The maximum absolute atomic E-state index is 12.7. The second kappa shape index (κ2) is 7.30. The van der Waals surface area contributed by atoms with Gasteiger partial charge in [0.05, 0.1) is 29.1 Å². The van der Waals surface area contributed by atoms with E-state index in [9.17, 15) is 14.4 Å². The lowest BCUT2D eigenvalue weighted by Gasteiger charge is -2.34. The highest BCUT2D eigenvalue weighted by atomic mass is 16.3. The van der Waals surface area contributed by atoms with Crippen LogP contribution in [0.5, 0.6) is 0 Å². The van der Waals surface area contributed by atoms with Gasteiger partial charge in [-0.2, -0.15) is 0 Å². The zero-order valence-corrected chi connectivity index (χ0v) is 15.5. The average molecular weight is 380 g/mol. The first-order valence-electron chi connectivity index (χ1n) is 9.08. The zero-order valence-electron chi connectivity index (χ0n) is 15.5. The molecule has 0 aliphatic carbocycles. The number of carbonyl (C=O) groups excluding carboxylic acids is 2. The van der Waals surface area contributed by atoms with Crippen molar-refractivity contribution in [3.63, 3.8) is 0 Å². The van der Waals surface area contributed by atoms with Gasteiger partial charge in [-0.15, -0.1) is 0 Å². The summed E-state index contributed by atoms with van der Waals surface area (Å²) in [6.07, 6.45) is 4.30. The molecule has 0 bridgehead atoms. The summed E-state index contributed by atoms with van der Waals surface area (Å²) < 4.78 is 6.29. The van der Waals surface area contributed by atoms with Gasteiger partial charge >= 0.3 is 0 Å². The topological polar surface area (TPSA) is 88.7 Å². The molecule has 1 saturated heterocycles. The molecule has 1 aromatic carbocycles.